The molecular formula is C12H20N2O. The first-order valence-corrected chi connectivity index (χ1v) is 5.34. The van der Waals surface area contributed by atoms with Crippen molar-refractivity contribution in [3.63, 3.8) is 0 Å². The Labute approximate surface area is 91.8 Å². The molecule has 3 nitrogen and oxygen atoms in total. The predicted octanol–water partition coefficient (Wildman–Crippen LogP) is 1.87. The van der Waals surface area contributed by atoms with E-state index in [0.29, 0.717) is 0 Å². The van der Waals surface area contributed by atoms with Crippen LogP contribution in [-0.2, 0) is 0 Å². The van der Waals surface area contributed by atoms with E-state index < -0.39 is 0 Å². The molecule has 0 spiro atoms. The molecule has 15 heavy (non-hydrogen) atoms. The second-order valence-electron chi connectivity index (χ2n) is 3.73. The van der Waals surface area contributed by atoms with Crippen LogP contribution in [-0.4, -0.2) is 27.2 Å². The van der Waals surface area contributed by atoms with Gasteiger partial charge in [-0.25, -0.2) is 0 Å². The highest BCUT2D eigenvalue weighted by Gasteiger charge is 1.96. The van der Waals surface area contributed by atoms with Crippen LogP contribution in [0.2, 0.25) is 0 Å². The maximum atomic E-state index is 5.57. The highest BCUT2D eigenvalue weighted by atomic mass is 16.5. The minimum atomic E-state index is 0.739. The van der Waals surface area contributed by atoms with Gasteiger partial charge in [-0.15, -0.1) is 0 Å². The lowest BCUT2D eigenvalue weighted by Crippen LogP contribution is -2.08. The minimum Gasteiger partial charge on any atom is -0.494 e. The normalized spacial score (nSPS) is 10.1. The summed E-state index contributed by atoms with van der Waals surface area (Å²) < 4.78 is 5.57. The first-order chi connectivity index (χ1) is 7.24. The zero-order valence-electron chi connectivity index (χ0n) is 9.57. The maximum Gasteiger partial charge on any atom is 0.119 e. The number of benzene rings is 1. The smallest absolute Gasteiger partial charge is 0.119 e. The molecule has 1 aromatic carbocycles. The quantitative estimate of drug-likeness (QED) is 0.725. The standard InChI is InChI=1S/C12H20N2O/c1-14(2)11-5-7-12(8-6-11)15-10-4-3-9-13/h5-8H,3-4,9-10,13H2,1-2H3. The zero-order valence-corrected chi connectivity index (χ0v) is 9.57. The van der Waals surface area contributed by atoms with Crippen molar-refractivity contribution >= 4 is 5.69 Å². The molecule has 0 radical (unpaired) electrons. The van der Waals surface area contributed by atoms with Crippen LogP contribution >= 0.6 is 0 Å². The van der Waals surface area contributed by atoms with Crippen molar-refractivity contribution in [2.45, 2.75) is 12.8 Å². The molecule has 84 valence electrons. The molecule has 3 heteroatoms. The fourth-order valence-electron chi connectivity index (χ4n) is 1.28. The second-order valence-corrected chi connectivity index (χ2v) is 3.73. The van der Waals surface area contributed by atoms with E-state index in [-0.39, 0.29) is 0 Å². The van der Waals surface area contributed by atoms with Crippen LogP contribution in [0.1, 0.15) is 12.8 Å². The van der Waals surface area contributed by atoms with Crippen LogP contribution in [0.25, 0.3) is 0 Å². The Kier molecular flexibility index (Phi) is 4.98. The van der Waals surface area contributed by atoms with Gasteiger partial charge in [0.05, 0.1) is 6.61 Å². The maximum absolute atomic E-state index is 5.57. The summed E-state index contributed by atoms with van der Waals surface area (Å²) in [7, 11) is 4.05. The number of ether oxygens (including phenoxy) is 1. The average molecular weight is 208 g/mol. The Morgan fingerprint density at radius 2 is 1.80 bits per heavy atom. The topological polar surface area (TPSA) is 38.5 Å². The molecule has 0 fully saturated rings. The first-order valence-electron chi connectivity index (χ1n) is 5.34. The van der Waals surface area contributed by atoms with Crippen molar-refractivity contribution in [3.8, 4) is 5.75 Å². The number of hydrogen-bond acceptors (Lipinski definition) is 3. The van der Waals surface area contributed by atoms with Crippen molar-refractivity contribution in [2.24, 2.45) is 5.73 Å². The predicted molar refractivity (Wildman–Crippen MR) is 64.6 cm³/mol. The van der Waals surface area contributed by atoms with Crippen molar-refractivity contribution in [1.29, 1.82) is 0 Å². The van der Waals surface area contributed by atoms with Crippen molar-refractivity contribution < 1.29 is 4.74 Å². The monoisotopic (exact) mass is 208 g/mol. The Bertz CT molecular complexity index is 269. The van der Waals surface area contributed by atoms with Crippen LogP contribution in [0.4, 0.5) is 5.69 Å². The summed E-state index contributed by atoms with van der Waals surface area (Å²) in [5.41, 5.74) is 6.58. The van der Waals surface area contributed by atoms with Gasteiger partial charge < -0.3 is 15.4 Å². The molecule has 0 unspecified atom stereocenters. The van der Waals surface area contributed by atoms with Gasteiger partial charge in [0.2, 0.25) is 0 Å². The summed E-state index contributed by atoms with van der Waals surface area (Å²) in [5.74, 6) is 0.928. The number of unbranched alkanes of at least 4 members (excludes halogenated alkanes) is 1. The summed E-state index contributed by atoms with van der Waals surface area (Å²) in [6, 6.07) is 8.10. The van der Waals surface area contributed by atoms with Crippen molar-refractivity contribution in [3.05, 3.63) is 24.3 Å². The highest BCUT2D eigenvalue weighted by Crippen LogP contribution is 2.17. The van der Waals surface area contributed by atoms with Crippen molar-refractivity contribution in [2.75, 3.05) is 32.1 Å². The Hall–Kier alpha value is -1.22. The fraction of sp³-hybridized carbons (Fsp3) is 0.500. The van der Waals surface area contributed by atoms with Crippen LogP contribution in [0.5, 0.6) is 5.75 Å². The molecule has 0 aliphatic heterocycles. The highest BCUT2D eigenvalue weighted by molar-refractivity contribution is 5.47. The Morgan fingerprint density at radius 3 is 2.33 bits per heavy atom. The van der Waals surface area contributed by atoms with Gasteiger partial charge in [0.25, 0.3) is 0 Å². The summed E-state index contributed by atoms with van der Waals surface area (Å²) in [6.45, 7) is 1.49. The Morgan fingerprint density at radius 1 is 1.13 bits per heavy atom. The third-order valence-corrected chi connectivity index (χ3v) is 2.22. The molecular weight excluding hydrogens is 188 g/mol. The SMILES string of the molecule is CN(C)c1ccc(OCCCCN)cc1. The van der Waals surface area contributed by atoms with E-state index in [1.807, 2.05) is 26.2 Å². The van der Waals surface area contributed by atoms with Crippen LogP contribution in [0, 0.1) is 0 Å². The molecule has 0 bridgehead atoms. The largest absolute Gasteiger partial charge is 0.494 e. The van der Waals surface area contributed by atoms with Crippen LogP contribution < -0.4 is 15.4 Å². The molecule has 2 N–H and O–H groups in total. The van der Waals surface area contributed by atoms with E-state index in [1.165, 1.54) is 5.69 Å². The van der Waals surface area contributed by atoms with E-state index in [9.17, 15) is 0 Å². The van der Waals surface area contributed by atoms with Gasteiger partial charge in [-0.1, -0.05) is 0 Å². The van der Waals surface area contributed by atoms with E-state index >= 15 is 0 Å². The van der Waals surface area contributed by atoms with E-state index in [2.05, 4.69) is 17.0 Å². The molecule has 0 heterocycles. The van der Waals surface area contributed by atoms with Gasteiger partial charge >= 0.3 is 0 Å². The van der Waals surface area contributed by atoms with E-state index in [0.717, 1.165) is 31.7 Å². The summed E-state index contributed by atoms with van der Waals surface area (Å²) >= 11 is 0. The summed E-state index contributed by atoms with van der Waals surface area (Å²) in [5, 5.41) is 0. The van der Waals surface area contributed by atoms with Gasteiger partial charge in [0, 0.05) is 19.8 Å². The molecule has 0 aliphatic carbocycles. The molecule has 0 amide bonds. The number of anilines is 1. The fourth-order valence-corrected chi connectivity index (χ4v) is 1.28. The summed E-state index contributed by atoms with van der Waals surface area (Å²) in [4.78, 5) is 2.07. The number of nitrogens with zero attached hydrogens (tertiary/aromatic N) is 1. The molecule has 1 aromatic rings. The number of hydrogen-bond donors (Lipinski definition) is 1. The Balaban J connectivity index is 2.36. The summed E-state index contributed by atoms with van der Waals surface area (Å²) in [6.07, 6.45) is 2.04. The van der Waals surface area contributed by atoms with Crippen LogP contribution in [0.3, 0.4) is 0 Å². The van der Waals surface area contributed by atoms with Gasteiger partial charge in [0.1, 0.15) is 5.75 Å². The van der Waals surface area contributed by atoms with E-state index in [1.54, 1.807) is 0 Å². The van der Waals surface area contributed by atoms with Gasteiger partial charge in [-0.2, -0.15) is 0 Å². The van der Waals surface area contributed by atoms with Gasteiger partial charge in [-0.3, -0.25) is 0 Å². The molecule has 1 rings (SSSR count). The molecule has 0 saturated carbocycles. The van der Waals surface area contributed by atoms with Crippen LogP contribution in [0.15, 0.2) is 24.3 Å². The van der Waals surface area contributed by atoms with Crippen molar-refractivity contribution in [1.82, 2.24) is 0 Å². The second kappa shape index (κ2) is 6.30. The minimum absolute atomic E-state index is 0.739. The molecule has 0 saturated heterocycles. The van der Waals surface area contributed by atoms with E-state index in [4.69, 9.17) is 10.5 Å². The lowest BCUT2D eigenvalue weighted by Gasteiger charge is -2.13. The average Bonchev–Trinajstić information content (AvgIpc) is 2.25. The first kappa shape index (κ1) is 11.9. The van der Waals surface area contributed by atoms with Gasteiger partial charge in [0.15, 0.2) is 0 Å². The number of nitrogens with two attached hydrogens (primary N) is 1. The zero-order chi connectivity index (χ0) is 11.1. The lowest BCUT2D eigenvalue weighted by molar-refractivity contribution is 0.308. The third kappa shape index (κ3) is 4.21. The third-order valence-electron chi connectivity index (χ3n) is 2.22. The lowest BCUT2D eigenvalue weighted by atomic mass is 10.3. The molecule has 0 atom stereocenters. The van der Waals surface area contributed by atoms with Gasteiger partial charge in [-0.05, 0) is 43.7 Å². The molecule has 0 aliphatic rings. The number of rotatable bonds is 6. The molecule has 0 aromatic heterocycles.